The molecule has 0 radical (unpaired) electrons. The molecule has 8 heterocycles. The maximum Gasteiger partial charge on any atom is 0.314 e. The molecule has 2 unspecified atom stereocenters. The number of ketones is 2. The van der Waals surface area contributed by atoms with Crippen molar-refractivity contribution in [3.8, 4) is 50.1 Å². The van der Waals surface area contributed by atoms with Gasteiger partial charge in [0, 0.05) is 101 Å². The topological polar surface area (TPSA) is 71.1 Å². The van der Waals surface area contributed by atoms with Gasteiger partial charge in [0.25, 0.3) is 0 Å². The van der Waals surface area contributed by atoms with Crippen molar-refractivity contribution in [1.29, 1.82) is 0 Å². The van der Waals surface area contributed by atoms with Crippen molar-refractivity contribution < 1.29 is 26.0 Å². The Morgan fingerprint density at radius 3 is 1.18 bits per heavy atom. The first-order valence-corrected chi connectivity index (χ1v) is 66.4. The van der Waals surface area contributed by atoms with Gasteiger partial charge in [0.05, 0.1) is 30.9 Å². The Labute approximate surface area is 699 Å². The monoisotopic (exact) mass is 1750 g/mol. The lowest BCUT2D eigenvalue weighted by atomic mass is 9.81. The SMILES string of the molecule is CCCCC(CC)Cc1sc(CC(CC)CCCC)c2c1C(=O)c1c(-c3ccc(-c4cc5c(-c6cc(Cl)c(CCCCCC[Si](C)(O[Si](C)(C)C)O[Si](C)(C)C)s6)c6sc(C(C)(C)C)cc6c(-c6cc(Cl)c(CCCCCC[Si](C)(O[Si](C)(C)C)O[Si](C)(C)C)s6)c5s4)s3)sc(-c3ccc(C(C)(C)C)s3)c1C2=O. The first kappa shape index (κ1) is 88.8. The molecule has 10 rings (SSSR count). The molecular weight excluding hydrogens is 1620 g/mol. The van der Waals surface area contributed by atoms with Gasteiger partial charge in [0.2, 0.25) is 0 Å². The maximum absolute atomic E-state index is 16.3. The Balaban J connectivity index is 1.07. The fourth-order valence-corrected chi connectivity index (χ4v) is 52.0. The molecule has 0 aliphatic heterocycles. The van der Waals surface area contributed by atoms with Gasteiger partial charge in [-0.15, -0.1) is 90.7 Å². The molecule has 108 heavy (non-hydrogen) atoms. The summed E-state index contributed by atoms with van der Waals surface area (Å²) in [7, 11) is -11.8. The van der Waals surface area contributed by atoms with Crippen LogP contribution in [0, 0.1) is 11.8 Å². The summed E-state index contributed by atoms with van der Waals surface area (Å²) in [5.74, 6) is 0.987. The molecule has 0 saturated carbocycles. The fourth-order valence-electron chi connectivity index (χ4n) is 15.8. The van der Waals surface area contributed by atoms with E-state index in [1.807, 2.05) is 45.3 Å². The molecule has 0 N–H and O–H groups in total. The molecule has 0 spiro atoms. The number of carbonyl (C=O) groups excluding carboxylic acids is 2. The van der Waals surface area contributed by atoms with Crippen LogP contribution in [0.25, 0.3) is 70.3 Å². The van der Waals surface area contributed by atoms with Crippen molar-refractivity contribution >= 4 is 196 Å². The zero-order valence-corrected chi connectivity index (χ0v) is 83.8. The lowest BCUT2D eigenvalue weighted by Gasteiger charge is -2.38. The summed E-state index contributed by atoms with van der Waals surface area (Å²) in [5, 5.41) is 4.20. The van der Waals surface area contributed by atoms with E-state index in [2.05, 4.69) is 209 Å². The highest BCUT2D eigenvalue weighted by molar-refractivity contribution is 7.31. The van der Waals surface area contributed by atoms with Gasteiger partial charge in [-0.2, -0.15) is 0 Å². The van der Waals surface area contributed by atoms with Crippen molar-refractivity contribution in [2.45, 2.75) is 312 Å². The second-order valence-corrected chi connectivity index (χ2v) is 72.4. The predicted molar refractivity (Wildman–Crippen MR) is 501 cm³/mol. The van der Waals surface area contributed by atoms with Gasteiger partial charge in [-0.3, -0.25) is 9.59 Å². The molecule has 6 nitrogen and oxygen atoms in total. The number of halogens is 2. The number of rotatable bonds is 39. The van der Waals surface area contributed by atoms with E-state index in [0.29, 0.717) is 34.1 Å². The van der Waals surface area contributed by atoms with E-state index in [4.69, 9.17) is 39.7 Å². The summed E-state index contributed by atoms with van der Waals surface area (Å²) >= 11 is 29.6. The maximum atomic E-state index is 16.3. The summed E-state index contributed by atoms with van der Waals surface area (Å²) < 4.78 is 30.1. The average Bonchev–Trinajstić information content (AvgIpc) is 1.56. The van der Waals surface area contributed by atoms with Gasteiger partial charge in [0.1, 0.15) is 0 Å². The van der Waals surface area contributed by atoms with Gasteiger partial charge in [-0.25, -0.2) is 0 Å². The Morgan fingerprint density at radius 2 is 0.769 bits per heavy atom. The lowest BCUT2D eigenvalue weighted by Crippen LogP contribution is -2.52. The molecular formula is C86H126Cl2O6S8Si6. The van der Waals surface area contributed by atoms with E-state index in [9.17, 15) is 0 Å². The van der Waals surface area contributed by atoms with E-state index in [0.717, 1.165) is 185 Å². The van der Waals surface area contributed by atoms with Crippen LogP contribution in [0.4, 0.5) is 0 Å². The number of fused-ring (bicyclic) bond motifs is 4. The van der Waals surface area contributed by atoms with Crippen LogP contribution in [0.3, 0.4) is 0 Å². The summed E-state index contributed by atoms with van der Waals surface area (Å²) in [6.07, 6.45) is 21.4. The zero-order chi connectivity index (χ0) is 79.0. The molecule has 1 aliphatic rings. The third-order valence-corrected chi connectivity index (χ3v) is 51.3. The third-order valence-electron chi connectivity index (χ3n) is 20.4. The van der Waals surface area contributed by atoms with E-state index in [-0.39, 0.29) is 22.4 Å². The highest BCUT2D eigenvalue weighted by atomic mass is 35.5. The predicted octanol–water partition coefficient (Wildman–Crippen LogP) is 32.8. The van der Waals surface area contributed by atoms with Crippen LogP contribution in [-0.4, -0.2) is 62.0 Å². The van der Waals surface area contributed by atoms with E-state index < -0.39 is 50.4 Å². The van der Waals surface area contributed by atoms with Gasteiger partial charge in [-0.1, -0.05) is 182 Å². The number of aryl methyl sites for hydroxylation is 2. The molecule has 0 saturated heterocycles. The molecule has 0 fully saturated rings. The molecule has 1 aliphatic carbocycles. The first-order valence-electron chi connectivity index (χ1n) is 40.5. The first-order chi connectivity index (χ1) is 50.4. The number of unbranched alkanes of at least 4 members (excludes halogenated alkanes) is 8. The third kappa shape index (κ3) is 22.2. The summed E-state index contributed by atoms with van der Waals surface area (Å²) in [4.78, 5) is 48.5. The van der Waals surface area contributed by atoms with Crippen LogP contribution in [0.1, 0.15) is 233 Å². The highest BCUT2D eigenvalue weighted by Gasteiger charge is 2.45. The van der Waals surface area contributed by atoms with Crippen molar-refractivity contribution in [3.63, 3.8) is 0 Å². The van der Waals surface area contributed by atoms with Crippen LogP contribution in [0.5, 0.6) is 0 Å². The van der Waals surface area contributed by atoms with Crippen molar-refractivity contribution in [2.24, 2.45) is 11.8 Å². The molecule has 0 bridgehead atoms. The Bertz CT molecular complexity index is 4410. The molecule has 0 amide bonds. The zero-order valence-electron chi connectivity index (χ0n) is 69.8. The molecule has 22 heteroatoms. The Hall–Kier alpha value is -1.60. The van der Waals surface area contributed by atoms with Crippen LogP contribution >= 0.6 is 114 Å². The minimum absolute atomic E-state index is 0.0396. The van der Waals surface area contributed by atoms with E-state index in [1.54, 1.807) is 45.3 Å². The minimum Gasteiger partial charge on any atom is -0.437 e. The lowest BCUT2D eigenvalue weighted by molar-refractivity contribution is 0.0980. The van der Waals surface area contributed by atoms with Crippen molar-refractivity contribution in [1.82, 2.24) is 0 Å². The normalized spacial score (nSPS) is 14.4. The van der Waals surface area contributed by atoms with Crippen LogP contribution < -0.4 is 0 Å². The molecule has 9 aromatic rings. The van der Waals surface area contributed by atoms with Gasteiger partial charge in [-0.05, 0) is 213 Å². The fraction of sp³-hybridized carbons (Fsp3) is 0.581. The van der Waals surface area contributed by atoms with Crippen LogP contribution in [-0.2, 0) is 53.0 Å². The molecule has 8 aromatic heterocycles. The smallest absolute Gasteiger partial charge is 0.314 e. The van der Waals surface area contributed by atoms with Gasteiger partial charge in [0.15, 0.2) is 44.8 Å². The minimum atomic E-state index is -2.31. The Kier molecular flexibility index (Phi) is 29.7. The summed E-state index contributed by atoms with van der Waals surface area (Å²) in [6.45, 7) is 55.2. The van der Waals surface area contributed by atoms with E-state index >= 15 is 9.59 Å². The number of hydrogen-bond acceptors (Lipinski definition) is 14. The Morgan fingerprint density at radius 1 is 0.370 bits per heavy atom. The summed E-state index contributed by atoms with van der Waals surface area (Å²) in [6, 6.07) is 20.6. The largest absolute Gasteiger partial charge is 0.437 e. The van der Waals surface area contributed by atoms with E-state index in [1.165, 1.54) is 65.4 Å². The highest BCUT2D eigenvalue weighted by Crippen LogP contribution is 2.58. The van der Waals surface area contributed by atoms with Crippen LogP contribution in [0.15, 0.2) is 48.5 Å². The van der Waals surface area contributed by atoms with Gasteiger partial charge < -0.3 is 16.5 Å². The molecule has 2 atom stereocenters. The second kappa shape index (κ2) is 36.1. The average molecular weight is 1750 g/mol. The number of thiophene rings is 8. The second-order valence-electron chi connectivity index (χ2n) is 37.1. The molecule has 1 aromatic carbocycles. The van der Waals surface area contributed by atoms with Gasteiger partial charge >= 0.3 is 17.1 Å². The number of benzene rings is 1. The van der Waals surface area contributed by atoms with Crippen LogP contribution in [0.2, 0.25) is 114 Å². The van der Waals surface area contributed by atoms with Crippen molar-refractivity contribution in [2.75, 3.05) is 0 Å². The number of carbonyl (C=O) groups is 2. The molecule has 592 valence electrons. The quantitative estimate of drug-likeness (QED) is 0.0282. The number of hydrogen-bond donors (Lipinski definition) is 0. The standard InChI is InChI=1S/C86H126Cl2O6S8Si6/c1-25-29-39-55(27-3)49-67-75-76(68(98-67)50-56(28-4)40-30-26-2)80(90)78-77(79(75)89)83(102-84(78)65-45-46-71(99-65)85(5,6)7)64-44-43-63(97-64)66-51-57-73(69-53-59(87)61(95-69)41-35-31-33-37-47-107(23,91-103(11,12)13)92-104(14,15)16)82-58(52-72(101-82)86(8,9)10)74(81(57)100-66)70-54-60(88)62(96-70)42-36-32-34-38-48-108(24,93-105(17,18)19)94-106(20,21)22/h43-46,51-56H,25-42,47-50H2,1-24H3. The summed E-state index contributed by atoms with van der Waals surface area (Å²) in [5.41, 5.74) is 4.98. The van der Waals surface area contributed by atoms with Crippen molar-refractivity contribution in [3.05, 3.63) is 110 Å².